The number of benzene rings is 1. The van der Waals surface area contributed by atoms with E-state index < -0.39 is 47.3 Å². The fraction of sp³-hybridized carbons (Fsp3) is 0.556. The Balaban J connectivity index is 1.69. The number of allylic oxidation sites excluding steroid dienone is 4. The smallest absolute Gasteiger partial charge is 0.383 e. The van der Waals surface area contributed by atoms with Crippen molar-refractivity contribution in [1.29, 1.82) is 0 Å². The Morgan fingerprint density at radius 3 is 2.33 bits per heavy atom. The molecule has 36 heavy (non-hydrogen) atoms. The first kappa shape index (κ1) is 25.1. The molecule has 4 nitrogen and oxygen atoms in total. The molecule has 1 aromatic rings. The SMILES string of the molecule is C[C@]12C[C@H](c3ccc(C(N)=O)cc3)C3=C4CCC(=O)C=C4CCC3C1CC[C@@]2(O)C(F)(F)C(F)(F)F. The Bertz CT molecular complexity index is 1180. The second-order valence-electron chi connectivity index (χ2n) is 11.0. The standard InChI is InChI=1S/C27H28F5NO3/c1-24-13-20(14-2-4-15(5-3-14)23(33)35)22-18-9-7-17(34)12-16(18)6-8-19(22)21(24)10-11-25(24,36)26(28,29)27(30,31)32/h2-5,12,19-21,36H,6-11,13H2,1H3,(H2,33,35)/t19?,20-,21?,24+,25+/m1/s1. The van der Waals surface area contributed by atoms with E-state index in [2.05, 4.69) is 0 Å². The second-order valence-corrected chi connectivity index (χ2v) is 11.0. The van der Waals surface area contributed by atoms with Crippen LogP contribution < -0.4 is 5.73 Å². The van der Waals surface area contributed by atoms with Gasteiger partial charge in [-0.2, -0.15) is 22.0 Å². The number of hydrogen-bond acceptors (Lipinski definition) is 3. The highest BCUT2D eigenvalue weighted by Gasteiger charge is 2.79. The number of ketones is 1. The third-order valence-corrected chi connectivity index (χ3v) is 9.36. The summed E-state index contributed by atoms with van der Waals surface area (Å²) in [5.74, 6) is -7.28. The molecule has 2 fully saturated rings. The Kier molecular flexibility index (Phi) is 5.56. The Morgan fingerprint density at radius 2 is 1.72 bits per heavy atom. The molecular weight excluding hydrogens is 481 g/mol. The van der Waals surface area contributed by atoms with Gasteiger partial charge in [-0.3, -0.25) is 9.59 Å². The number of fused-ring (bicyclic) bond motifs is 4. The van der Waals surface area contributed by atoms with Crippen LogP contribution >= 0.6 is 0 Å². The number of halogens is 5. The van der Waals surface area contributed by atoms with Crippen molar-refractivity contribution in [3.8, 4) is 0 Å². The van der Waals surface area contributed by atoms with Crippen LogP contribution in [0.15, 0.2) is 47.1 Å². The Morgan fingerprint density at radius 1 is 1.06 bits per heavy atom. The molecule has 0 aliphatic heterocycles. The molecule has 5 atom stereocenters. The number of nitrogens with two attached hydrogens (primary N) is 1. The molecule has 0 bridgehead atoms. The lowest BCUT2D eigenvalue weighted by atomic mass is 9.50. The van der Waals surface area contributed by atoms with Crippen molar-refractivity contribution < 1.29 is 36.6 Å². The largest absolute Gasteiger partial charge is 0.456 e. The molecule has 3 N–H and O–H groups in total. The lowest BCUT2D eigenvalue weighted by Crippen LogP contribution is -2.65. The first-order chi connectivity index (χ1) is 16.7. The summed E-state index contributed by atoms with van der Waals surface area (Å²) in [4.78, 5) is 23.7. The molecule has 0 aromatic heterocycles. The average molecular weight is 510 g/mol. The fourth-order valence-electron chi connectivity index (χ4n) is 7.59. The third-order valence-electron chi connectivity index (χ3n) is 9.36. The second kappa shape index (κ2) is 7.97. The van der Waals surface area contributed by atoms with E-state index in [0.717, 1.165) is 16.7 Å². The highest BCUT2D eigenvalue weighted by Crippen LogP contribution is 2.70. The molecule has 0 saturated heterocycles. The van der Waals surface area contributed by atoms with Gasteiger partial charge in [0, 0.05) is 23.3 Å². The molecule has 0 spiro atoms. The minimum atomic E-state index is -5.89. The Labute approximate surface area is 205 Å². The highest BCUT2D eigenvalue weighted by atomic mass is 19.4. The maximum Gasteiger partial charge on any atom is 0.456 e. The normalized spacial score (nSPS) is 34.6. The van der Waals surface area contributed by atoms with Gasteiger partial charge in [0.2, 0.25) is 5.91 Å². The van der Waals surface area contributed by atoms with Crippen molar-refractivity contribution in [2.24, 2.45) is 23.0 Å². The van der Waals surface area contributed by atoms with Crippen LogP contribution in [0, 0.1) is 17.3 Å². The van der Waals surface area contributed by atoms with E-state index in [1.54, 1.807) is 18.2 Å². The summed E-state index contributed by atoms with van der Waals surface area (Å²) in [6.45, 7) is 1.38. The van der Waals surface area contributed by atoms with Crippen LogP contribution in [-0.4, -0.2) is 34.5 Å². The van der Waals surface area contributed by atoms with Crippen molar-refractivity contribution in [2.45, 2.75) is 75.5 Å². The first-order valence-corrected chi connectivity index (χ1v) is 12.2. The average Bonchev–Trinajstić information content (AvgIpc) is 3.09. The molecule has 0 radical (unpaired) electrons. The molecule has 1 amide bonds. The zero-order valence-corrected chi connectivity index (χ0v) is 19.8. The lowest BCUT2D eigenvalue weighted by Gasteiger charge is -2.56. The van der Waals surface area contributed by atoms with Crippen molar-refractivity contribution in [3.05, 3.63) is 58.2 Å². The van der Waals surface area contributed by atoms with Gasteiger partial charge in [0.25, 0.3) is 0 Å². The summed E-state index contributed by atoms with van der Waals surface area (Å²) in [6, 6.07) is 6.34. The number of aliphatic hydroxyl groups is 1. The molecule has 9 heteroatoms. The molecular formula is C27H28F5NO3. The number of hydrogen-bond donors (Lipinski definition) is 2. The fourth-order valence-corrected chi connectivity index (χ4v) is 7.59. The van der Waals surface area contributed by atoms with Crippen LogP contribution in [-0.2, 0) is 4.79 Å². The third kappa shape index (κ3) is 3.34. The summed E-state index contributed by atoms with van der Waals surface area (Å²) >= 11 is 0. The van der Waals surface area contributed by atoms with Crippen molar-refractivity contribution in [1.82, 2.24) is 0 Å². The van der Waals surface area contributed by atoms with Gasteiger partial charge in [-0.05, 0) is 85.3 Å². The van der Waals surface area contributed by atoms with Gasteiger partial charge >= 0.3 is 12.1 Å². The maximum absolute atomic E-state index is 15.0. The molecule has 4 aliphatic rings. The van der Waals surface area contributed by atoms with Crippen LogP contribution in [0.25, 0.3) is 0 Å². The van der Waals surface area contributed by atoms with Crippen LogP contribution in [0.2, 0.25) is 0 Å². The molecule has 2 saturated carbocycles. The number of carbonyl (C=O) groups excluding carboxylic acids is 2. The summed E-state index contributed by atoms with van der Waals surface area (Å²) < 4.78 is 70.7. The summed E-state index contributed by atoms with van der Waals surface area (Å²) in [5.41, 5.74) is 4.20. The Hall–Kier alpha value is -2.55. The maximum atomic E-state index is 15.0. The van der Waals surface area contributed by atoms with Gasteiger partial charge in [0.1, 0.15) is 5.60 Å². The number of primary amides is 1. The molecule has 4 aliphatic carbocycles. The van der Waals surface area contributed by atoms with Gasteiger partial charge < -0.3 is 10.8 Å². The van der Waals surface area contributed by atoms with Crippen LogP contribution in [0.3, 0.4) is 0 Å². The molecule has 5 rings (SSSR count). The van der Waals surface area contributed by atoms with E-state index in [-0.39, 0.29) is 30.1 Å². The van der Waals surface area contributed by atoms with Crippen molar-refractivity contribution in [2.75, 3.05) is 0 Å². The van der Waals surface area contributed by atoms with E-state index in [1.165, 1.54) is 19.1 Å². The van der Waals surface area contributed by atoms with E-state index in [4.69, 9.17) is 5.73 Å². The monoisotopic (exact) mass is 509 g/mol. The number of alkyl halides is 5. The minimum absolute atomic E-state index is 0.0240. The van der Waals surface area contributed by atoms with Crippen LogP contribution in [0.1, 0.15) is 73.7 Å². The predicted octanol–water partition coefficient (Wildman–Crippen LogP) is 5.61. The van der Waals surface area contributed by atoms with E-state index in [1.807, 2.05) is 0 Å². The first-order valence-electron chi connectivity index (χ1n) is 12.2. The summed E-state index contributed by atoms with van der Waals surface area (Å²) in [6.07, 6.45) is -3.06. The predicted molar refractivity (Wildman–Crippen MR) is 121 cm³/mol. The van der Waals surface area contributed by atoms with Gasteiger partial charge in [0.15, 0.2) is 5.78 Å². The minimum Gasteiger partial charge on any atom is -0.383 e. The molecule has 1 aromatic carbocycles. The topological polar surface area (TPSA) is 80.4 Å². The van der Waals surface area contributed by atoms with Crippen LogP contribution in [0.5, 0.6) is 0 Å². The van der Waals surface area contributed by atoms with Gasteiger partial charge in [-0.25, -0.2) is 0 Å². The molecule has 2 unspecified atom stereocenters. The van der Waals surface area contributed by atoms with Crippen molar-refractivity contribution >= 4 is 11.7 Å². The van der Waals surface area contributed by atoms with E-state index >= 15 is 0 Å². The van der Waals surface area contributed by atoms with E-state index in [9.17, 15) is 36.6 Å². The summed E-state index contributed by atoms with van der Waals surface area (Å²) in [5, 5.41) is 11.2. The lowest BCUT2D eigenvalue weighted by molar-refractivity contribution is -0.362. The van der Waals surface area contributed by atoms with Crippen molar-refractivity contribution in [3.63, 3.8) is 0 Å². The zero-order chi connectivity index (χ0) is 26.3. The quantitative estimate of drug-likeness (QED) is 0.520. The highest BCUT2D eigenvalue weighted by molar-refractivity contribution is 5.93. The van der Waals surface area contributed by atoms with E-state index in [0.29, 0.717) is 31.2 Å². The number of rotatable bonds is 3. The molecule has 194 valence electrons. The van der Waals surface area contributed by atoms with Gasteiger partial charge in [-0.1, -0.05) is 24.6 Å². The number of carbonyl (C=O) groups is 2. The van der Waals surface area contributed by atoms with Gasteiger partial charge in [0.05, 0.1) is 0 Å². The van der Waals surface area contributed by atoms with Gasteiger partial charge in [-0.15, -0.1) is 0 Å². The summed E-state index contributed by atoms with van der Waals surface area (Å²) in [7, 11) is 0. The molecule has 0 heterocycles. The van der Waals surface area contributed by atoms with Crippen LogP contribution in [0.4, 0.5) is 22.0 Å². The number of amides is 1. The zero-order valence-electron chi connectivity index (χ0n) is 19.8.